The van der Waals surface area contributed by atoms with Crippen LogP contribution >= 0.6 is 0 Å². The van der Waals surface area contributed by atoms with Crippen LogP contribution < -0.4 is 5.32 Å². The Bertz CT molecular complexity index is 1470. The van der Waals surface area contributed by atoms with Gasteiger partial charge in [0.15, 0.2) is 0 Å². The first-order valence-electron chi connectivity index (χ1n) is 11.4. The van der Waals surface area contributed by atoms with Crippen LogP contribution in [0.2, 0.25) is 0 Å². The van der Waals surface area contributed by atoms with E-state index in [1.807, 2.05) is 16.7 Å². The van der Waals surface area contributed by atoms with Crippen molar-refractivity contribution in [1.29, 1.82) is 0 Å². The zero-order valence-corrected chi connectivity index (χ0v) is 19.5. The number of rotatable bonds is 6. The third-order valence-corrected chi connectivity index (χ3v) is 6.06. The molecule has 170 valence electrons. The first kappa shape index (κ1) is 21.8. The number of fused-ring (bicyclic) bond motifs is 1. The molecule has 3 aromatic heterocycles. The highest BCUT2D eigenvalue weighted by Crippen LogP contribution is 2.32. The number of hydrogen-bond donors (Lipinski definition) is 1. The van der Waals surface area contributed by atoms with Gasteiger partial charge >= 0.3 is 0 Å². The zero-order chi connectivity index (χ0) is 23.7. The summed E-state index contributed by atoms with van der Waals surface area (Å²) in [4.78, 5) is 14.2. The van der Waals surface area contributed by atoms with E-state index in [9.17, 15) is 4.39 Å². The summed E-state index contributed by atoms with van der Waals surface area (Å²) >= 11 is 0. The van der Waals surface area contributed by atoms with Crippen molar-refractivity contribution in [1.82, 2.24) is 19.4 Å². The summed E-state index contributed by atoms with van der Waals surface area (Å²) in [6.07, 6.45) is 4.70. The van der Waals surface area contributed by atoms with Gasteiger partial charge in [0.2, 0.25) is 5.95 Å². The lowest BCUT2D eigenvalue weighted by Gasteiger charge is -2.10. The summed E-state index contributed by atoms with van der Waals surface area (Å²) in [5, 5.41) is 3.36. The molecular formula is C28H26FN5. The van der Waals surface area contributed by atoms with E-state index in [0.717, 1.165) is 34.7 Å². The Morgan fingerprint density at radius 3 is 2.56 bits per heavy atom. The molecule has 3 heterocycles. The van der Waals surface area contributed by atoms with Crippen LogP contribution in [0.5, 0.6) is 0 Å². The first-order valence-corrected chi connectivity index (χ1v) is 11.4. The van der Waals surface area contributed by atoms with E-state index in [0.29, 0.717) is 12.5 Å². The van der Waals surface area contributed by atoms with Crippen LogP contribution in [0.3, 0.4) is 0 Å². The largest absolute Gasteiger partial charge is 0.350 e. The number of anilines is 1. The average molecular weight is 452 g/mol. The SMILES string of the molecule is CCc1ccn2c(-c3ccnc(NCc4cc(C)ccc4C)n3)c(-c3ccc(F)cc3)nc2c1. The highest BCUT2D eigenvalue weighted by atomic mass is 19.1. The molecule has 5 aromatic rings. The monoisotopic (exact) mass is 451 g/mol. The molecule has 0 aliphatic heterocycles. The molecule has 0 fully saturated rings. The lowest BCUT2D eigenvalue weighted by atomic mass is 10.1. The molecule has 0 saturated heterocycles. The van der Waals surface area contributed by atoms with Gasteiger partial charge in [-0.05, 0) is 79.4 Å². The van der Waals surface area contributed by atoms with Gasteiger partial charge in [-0.2, -0.15) is 0 Å². The summed E-state index contributed by atoms with van der Waals surface area (Å²) in [6.45, 7) is 6.95. The van der Waals surface area contributed by atoms with E-state index in [4.69, 9.17) is 9.97 Å². The minimum Gasteiger partial charge on any atom is -0.350 e. The van der Waals surface area contributed by atoms with Gasteiger partial charge in [-0.15, -0.1) is 0 Å². The number of hydrogen-bond acceptors (Lipinski definition) is 4. The number of nitrogens with zero attached hydrogens (tertiary/aromatic N) is 4. The second kappa shape index (κ2) is 9.06. The second-order valence-electron chi connectivity index (χ2n) is 8.48. The van der Waals surface area contributed by atoms with E-state index in [1.165, 1.54) is 34.4 Å². The molecular weight excluding hydrogens is 425 g/mol. The average Bonchev–Trinajstić information content (AvgIpc) is 3.24. The molecule has 0 atom stereocenters. The molecule has 34 heavy (non-hydrogen) atoms. The van der Waals surface area contributed by atoms with Crippen LogP contribution in [0.25, 0.3) is 28.3 Å². The van der Waals surface area contributed by atoms with Crippen LogP contribution in [0.1, 0.15) is 29.2 Å². The van der Waals surface area contributed by atoms with Crippen LogP contribution in [0, 0.1) is 19.7 Å². The molecule has 5 rings (SSSR count). The smallest absolute Gasteiger partial charge is 0.223 e. The van der Waals surface area contributed by atoms with Crippen molar-refractivity contribution in [3.05, 3.63) is 101 Å². The van der Waals surface area contributed by atoms with Crippen molar-refractivity contribution in [2.24, 2.45) is 0 Å². The van der Waals surface area contributed by atoms with Crippen LogP contribution in [0.15, 0.2) is 73.1 Å². The lowest BCUT2D eigenvalue weighted by Crippen LogP contribution is -2.06. The highest BCUT2D eigenvalue weighted by Gasteiger charge is 2.18. The minimum absolute atomic E-state index is 0.276. The number of aryl methyl sites for hydroxylation is 3. The maximum Gasteiger partial charge on any atom is 0.223 e. The molecule has 2 aromatic carbocycles. The Balaban J connectivity index is 1.57. The maximum atomic E-state index is 13.6. The van der Waals surface area contributed by atoms with Gasteiger partial charge in [0.05, 0.1) is 17.1 Å². The van der Waals surface area contributed by atoms with Gasteiger partial charge in [-0.3, -0.25) is 4.40 Å². The van der Waals surface area contributed by atoms with Gasteiger partial charge in [-0.1, -0.05) is 30.7 Å². The minimum atomic E-state index is -0.276. The molecule has 0 aliphatic rings. The van der Waals surface area contributed by atoms with E-state index in [1.54, 1.807) is 18.3 Å². The van der Waals surface area contributed by atoms with Crippen molar-refractivity contribution < 1.29 is 4.39 Å². The van der Waals surface area contributed by atoms with Gasteiger partial charge in [0.25, 0.3) is 0 Å². The van der Waals surface area contributed by atoms with Gasteiger partial charge in [0, 0.05) is 24.5 Å². The highest BCUT2D eigenvalue weighted by molar-refractivity contribution is 5.80. The normalized spacial score (nSPS) is 11.2. The van der Waals surface area contributed by atoms with E-state index >= 15 is 0 Å². The van der Waals surface area contributed by atoms with Gasteiger partial charge in [-0.25, -0.2) is 19.3 Å². The van der Waals surface area contributed by atoms with Gasteiger partial charge < -0.3 is 5.32 Å². The number of halogens is 1. The third kappa shape index (κ3) is 4.27. The van der Waals surface area contributed by atoms with E-state index < -0.39 is 0 Å². The molecule has 5 nitrogen and oxygen atoms in total. The molecule has 0 spiro atoms. The molecule has 6 heteroatoms. The fourth-order valence-corrected chi connectivity index (χ4v) is 4.10. The molecule has 0 bridgehead atoms. The quantitative estimate of drug-likeness (QED) is 0.325. The number of pyridine rings is 1. The van der Waals surface area contributed by atoms with E-state index in [2.05, 4.69) is 61.4 Å². The predicted molar refractivity (Wildman–Crippen MR) is 134 cm³/mol. The number of aromatic nitrogens is 4. The Morgan fingerprint density at radius 2 is 1.76 bits per heavy atom. The molecule has 0 saturated carbocycles. The Hall–Kier alpha value is -4.06. The van der Waals surface area contributed by atoms with Crippen molar-refractivity contribution in [2.75, 3.05) is 5.32 Å². The molecule has 1 N–H and O–H groups in total. The summed E-state index contributed by atoms with van der Waals surface area (Å²) < 4.78 is 15.6. The summed E-state index contributed by atoms with van der Waals surface area (Å²) in [7, 11) is 0. The molecule has 0 aliphatic carbocycles. The predicted octanol–water partition coefficient (Wildman–Crippen LogP) is 6.39. The fraction of sp³-hybridized carbons (Fsp3) is 0.179. The molecule has 0 radical (unpaired) electrons. The van der Waals surface area contributed by atoms with Crippen molar-refractivity contribution >= 4 is 11.6 Å². The number of nitrogens with one attached hydrogen (secondary N) is 1. The van der Waals surface area contributed by atoms with Crippen LogP contribution in [0.4, 0.5) is 10.3 Å². The second-order valence-corrected chi connectivity index (χ2v) is 8.48. The van der Waals surface area contributed by atoms with Gasteiger partial charge in [0.1, 0.15) is 11.5 Å². The zero-order valence-electron chi connectivity index (χ0n) is 19.5. The first-order chi connectivity index (χ1) is 16.5. The third-order valence-electron chi connectivity index (χ3n) is 6.06. The van der Waals surface area contributed by atoms with Crippen LogP contribution in [-0.4, -0.2) is 19.4 Å². The van der Waals surface area contributed by atoms with Crippen molar-refractivity contribution in [3.63, 3.8) is 0 Å². The summed E-state index contributed by atoms with van der Waals surface area (Å²) in [5.41, 5.74) is 8.87. The fourth-order valence-electron chi connectivity index (χ4n) is 4.10. The maximum absolute atomic E-state index is 13.6. The Labute approximate surface area is 198 Å². The topological polar surface area (TPSA) is 55.1 Å². The molecule has 0 unspecified atom stereocenters. The number of imidazole rings is 1. The lowest BCUT2D eigenvalue weighted by molar-refractivity contribution is 0.628. The summed E-state index contributed by atoms with van der Waals surface area (Å²) in [5.74, 6) is 0.269. The molecule has 0 amide bonds. The van der Waals surface area contributed by atoms with Crippen molar-refractivity contribution in [2.45, 2.75) is 33.7 Å². The van der Waals surface area contributed by atoms with Crippen molar-refractivity contribution in [3.8, 4) is 22.6 Å². The summed E-state index contributed by atoms with van der Waals surface area (Å²) in [6, 6.07) is 18.9. The van der Waals surface area contributed by atoms with E-state index in [-0.39, 0.29) is 5.82 Å². The number of benzene rings is 2. The Kier molecular flexibility index (Phi) is 5.80. The Morgan fingerprint density at radius 1 is 0.941 bits per heavy atom. The van der Waals surface area contributed by atoms with Crippen LogP contribution in [-0.2, 0) is 13.0 Å². The standard InChI is InChI=1S/C28H26FN5/c1-4-20-12-14-34-25(16-20)33-26(21-7-9-23(29)10-8-21)27(34)24-11-13-30-28(32-24)31-17-22-15-18(2)5-6-19(22)3/h5-16H,4,17H2,1-3H3,(H,30,31,32).